The fraction of sp³-hybridized carbons (Fsp3) is 0.111. The van der Waals surface area contributed by atoms with Crippen LogP contribution in [0.5, 0.6) is 5.75 Å². The zero-order valence-corrected chi connectivity index (χ0v) is 13.1. The quantitative estimate of drug-likeness (QED) is 0.597. The Morgan fingerprint density at radius 1 is 1.14 bits per heavy atom. The Morgan fingerprint density at radius 2 is 1.71 bits per heavy atom. The van der Waals surface area contributed by atoms with Gasteiger partial charge in [-0.05, 0) is 54.7 Å². The highest BCUT2D eigenvalue weighted by Gasteiger charge is 2.07. The van der Waals surface area contributed by atoms with Gasteiger partial charge in [0.05, 0.1) is 8.95 Å². The monoisotopic (exact) mass is 444 g/mol. The predicted molar refractivity (Wildman–Crippen MR) is 71.7 cm³/mol. The Balaban J connectivity index is 2.89. The molecular formula is C9H4Br4O. The molecule has 0 spiro atoms. The van der Waals surface area contributed by atoms with Gasteiger partial charge in [0.25, 0.3) is 0 Å². The summed E-state index contributed by atoms with van der Waals surface area (Å²) in [4.78, 5) is 2.59. The third-order valence-corrected chi connectivity index (χ3v) is 3.23. The van der Waals surface area contributed by atoms with Crippen molar-refractivity contribution < 1.29 is 4.74 Å². The van der Waals surface area contributed by atoms with Crippen molar-refractivity contribution in [1.82, 2.24) is 0 Å². The van der Waals surface area contributed by atoms with E-state index in [9.17, 15) is 0 Å². The van der Waals surface area contributed by atoms with Gasteiger partial charge in [-0.25, -0.2) is 0 Å². The molecule has 0 unspecified atom stereocenters. The van der Waals surface area contributed by atoms with Crippen molar-refractivity contribution >= 4 is 63.7 Å². The van der Waals surface area contributed by atoms with Crippen LogP contribution in [0.1, 0.15) is 0 Å². The molecule has 1 aromatic rings. The lowest BCUT2D eigenvalue weighted by atomic mass is 10.3. The molecule has 0 bridgehead atoms. The van der Waals surface area contributed by atoms with Crippen molar-refractivity contribution in [3.63, 3.8) is 0 Å². The maximum atomic E-state index is 5.44. The van der Waals surface area contributed by atoms with Crippen LogP contribution in [0.2, 0.25) is 0 Å². The van der Waals surface area contributed by atoms with Crippen LogP contribution < -0.4 is 4.74 Å². The molecule has 0 aliphatic rings. The molecule has 14 heavy (non-hydrogen) atoms. The van der Waals surface area contributed by atoms with E-state index in [0.717, 1.165) is 19.2 Å². The molecule has 0 saturated heterocycles. The number of ether oxygens (including phenoxy) is 1. The standard InChI is InChI=1S/C9H4Br4O/c10-2-1-3-14-9-7(12)4-6(11)5-8(9)13/h4-5H,3H2. The molecule has 1 rings (SSSR count). The summed E-state index contributed by atoms with van der Waals surface area (Å²) in [5.41, 5.74) is 0. The lowest BCUT2D eigenvalue weighted by molar-refractivity contribution is 0.365. The molecule has 0 fully saturated rings. The summed E-state index contributed by atoms with van der Waals surface area (Å²) >= 11 is 13.2. The Labute approximate surface area is 116 Å². The molecule has 5 heteroatoms. The number of hydrogen-bond donors (Lipinski definition) is 0. The first kappa shape index (κ1) is 12.6. The molecule has 0 aromatic heterocycles. The summed E-state index contributed by atoms with van der Waals surface area (Å²) in [6.07, 6.45) is 0. The average Bonchev–Trinajstić information content (AvgIpc) is 2.09. The molecule has 0 saturated carbocycles. The van der Waals surface area contributed by atoms with Gasteiger partial charge in [0.1, 0.15) is 12.4 Å². The fourth-order valence-corrected chi connectivity index (χ4v) is 3.40. The van der Waals surface area contributed by atoms with E-state index in [1.54, 1.807) is 0 Å². The molecule has 0 atom stereocenters. The maximum absolute atomic E-state index is 5.44. The highest BCUT2D eigenvalue weighted by atomic mass is 79.9. The third-order valence-electron chi connectivity index (χ3n) is 1.32. The van der Waals surface area contributed by atoms with E-state index >= 15 is 0 Å². The van der Waals surface area contributed by atoms with Crippen molar-refractivity contribution in [2.24, 2.45) is 0 Å². The van der Waals surface area contributed by atoms with Crippen molar-refractivity contribution in [3.8, 4) is 16.5 Å². The van der Waals surface area contributed by atoms with Gasteiger partial charge >= 0.3 is 0 Å². The zero-order chi connectivity index (χ0) is 10.6. The summed E-state index contributed by atoms with van der Waals surface area (Å²) in [6.45, 7) is 0.351. The van der Waals surface area contributed by atoms with Crippen LogP contribution in [0.3, 0.4) is 0 Å². The first-order valence-corrected chi connectivity index (χ1v) is 6.68. The SMILES string of the molecule is BrC#CCOc1c(Br)cc(Br)cc1Br. The summed E-state index contributed by atoms with van der Waals surface area (Å²) in [6, 6.07) is 3.84. The first-order valence-electron chi connectivity index (χ1n) is 3.51. The minimum Gasteiger partial charge on any atom is -0.479 e. The molecule has 1 nitrogen and oxygen atoms in total. The Hall–Kier alpha value is 0.500. The number of rotatable bonds is 2. The lowest BCUT2D eigenvalue weighted by Gasteiger charge is -2.07. The van der Waals surface area contributed by atoms with E-state index in [0.29, 0.717) is 6.61 Å². The molecule has 0 amide bonds. The van der Waals surface area contributed by atoms with Gasteiger partial charge in [0.15, 0.2) is 0 Å². The second-order valence-corrected chi connectivity index (χ2v) is 5.28. The van der Waals surface area contributed by atoms with E-state index in [-0.39, 0.29) is 0 Å². The number of hydrogen-bond acceptors (Lipinski definition) is 1. The normalized spacial score (nSPS) is 9.14. The van der Waals surface area contributed by atoms with Crippen LogP contribution in [0.15, 0.2) is 25.6 Å². The Bertz CT molecular complexity index is 369. The van der Waals surface area contributed by atoms with Gasteiger partial charge in [-0.15, -0.1) is 0 Å². The lowest BCUT2D eigenvalue weighted by Crippen LogP contribution is -1.95. The summed E-state index contributed by atoms with van der Waals surface area (Å²) < 4.78 is 8.20. The molecule has 74 valence electrons. The van der Waals surface area contributed by atoms with Gasteiger partial charge in [-0.3, -0.25) is 0 Å². The number of benzene rings is 1. The van der Waals surface area contributed by atoms with Crippen molar-refractivity contribution in [3.05, 3.63) is 25.6 Å². The Morgan fingerprint density at radius 3 is 2.21 bits per heavy atom. The number of halogens is 4. The van der Waals surface area contributed by atoms with Gasteiger partial charge in [-0.1, -0.05) is 15.9 Å². The molecule has 0 heterocycles. The molecular weight excluding hydrogens is 444 g/mol. The molecule has 0 radical (unpaired) electrons. The van der Waals surface area contributed by atoms with Gasteiger partial charge in [-0.2, -0.15) is 0 Å². The van der Waals surface area contributed by atoms with Crippen molar-refractivity contribution in [2.45, 2.75) is 0 Å². The molecule has 0 N–H and O–H groups in total. The summed E-state index contributed by atoms with van der Waals surface area (Å²) in [7, 11) is 0. The van der Waals surface area contributed by atoms with E-state index in [4.69, 9.17) is 4.74 Å². The predicted octanol–water partition coefficient (Wildman–Crippen LogP) is 4.71. The van der Waals surface area contributed by atoms with Crippen LogP contribution in [0.25, 0.3) is 0 Å². The van der Waals surface area contributed by atoms with Crippen LogP contribution in [-0.2, 0) is 0 Å². The van der Waals surface area contributed by atoms with E-state index in [2.05, 4.69) is 74.5 Å². The van der Waals surface area contributed by atoms with Gasteiger partial charge < -0.3 is 4.74 Å². The average molecular weight is 448 g/mol. The highest BCUT2D eigenvalue weighted by molar-refractivity contribution is 9.12. The van der Waals surface area contributed by atoms with Gasteiger partial charge in [0.2, 0.25) is 0 Å². The second kappa shape index (κ2) is 6.16. The molecule has 0 aliphatic carbocycles. The topological polar surface area (TPSA) is 9.23 Å². The first-order chi connectivity index (χ1) is 6.65. The van der Waals surface area contributed by atoms with E-state index < -0.39 is 0 Å². The summed E-state index contributed by atoms with van der Waals surface area (Å²) in [5.74, 6) is 3.51. The largest absolute Gasteiger partial charge is 0.479 e. The molecule has 0 aliphatic heterocycles. The second-order valence-electron chi connectivity index (χ2n) is 2.26. The van der Waals surface area contributed by atoms with Crippen LogP contribution >= 0.6 is 63.7 Å². The zero-order valence-electron chi connectivity index (χ0n) is 6.78. The smallest absolute Gasteiger partial charge is 0.150 e. The van der Waals surface area contributed by atoms with Gasteiger partial charge in [0, 0.05) is 20.4 Å². The minimum absolute atomic E-state index is 0.351. The molecule has 1 aromatic carbocycles. The summed E-state index contributed by atoms with van der Waals surface area (Å²) in [5, 5.41) is 0. The van der Waals surface area contributed by atoms with E-state index in [1.807, 2.05) is 12.1 Å². The van der Waals surface area contributed by atoms with Crippen LogP contribution in [-0.4, -0.2) is 6.61 Å². The van der Waals surface area contributed by atoms with E-state index in [1.165, 1.54) is 0 Å². The maximum Gasteiger partial charge on any atom is 0.150 e. The fourth-order valence-electron chi connectivity index (χ4n) is 0.802. The Kier molecular flexibility index (Phi) is 5.53. The van der Waals surface area contributed by atoms with Crippen LogP contribution in [0.4, 0.5) is 0 Å². The van der Waals surface area contributed by atoms with Crippen molar-refractivity contribution in [1.29, 1.82) is 0 Å². The third kappa shape index (κ3) is 3.58. The van der Waals surface area contributed by atoms with Crippen molar-refractivity contribution in [2.75, 3.05) is 6.61 Å². The van der Waals surface area contributed by atoms with Crippen LogP contribution in [0, 0.1) is 10.8 Å². The minimum atomic E-state index is 0.351. The highest BCUT2D eigenvalue weighted by Crippen LogP contribution is 2.36.